The molecule has 2 nitrogen and oxygen atoms in total. The van der Waals surface area contributed by atoms with E-state index >= 15 is 0 Å². The highest BCUT2D eigenvalue weighted by Gasteiger charge is 2.33. The first kappa shape index (κ1) is 6.58. The third-order valence-electron chi connectivity index (χ3n) is 5.23. The Kier molecular flexibility index (Phi) is 1.53. The second-order valence-corrected chi connectivity index (χ2v) is 7.10. The van der Waals surface area contributed by atoms with Gasteiger partial charge in [-0.2, -0.15) is 0 Å². The highest BCUT2D eigenvalue weighted by molar-refractivity contribution is 5.63. The molecule has 0 spiro atoms. The highest BCUT2D eigenvalue weighted by Crippen LogP contribution is 2.44. The molecule has 2 heterocycles. The van der Waals surface area contributed by atoms with Crippen molar-refractivity contribution in [3.63, 3.8) is 0 Å². The molecule has 0 unspecified atom stereocenters. The van der Waals surface area contributed by atoms with E-state index in [4.69, 9.17) is 21.9 Å². The van der Waals surface area contributed by atoms with Crippen LogP contribution in [-0.4, -0.2) is 26.0 Å². The zero-order valence-electron chi connectivity index (χ0n) is 30.6. The molecule has 2 aromatic carbocycles. The Morgan fingerprint density at radius 3 is 1.58 bits per heavy atom. The molecule has 0 aromatic heterocycles. The third kappa shape index (κ3) is 2.53. The molecule has 0 atom stereocenters. The van der Waals surface area contributed by atoms with Crippen LogP contribution in [0.15, 0.2) is 36.4 Å². The van der Waals surface area contributed by atoms with Crippen LogP contribution in [0.25, 0.3) is 0 Å². The molecule has 5 rings (SSSR count). The van der Waals surface area contributed by atoms with E-state index in [1.54, 1.807) is 26.0 Å². The predicted octanol–water partition coefficient (Wildman–Crippen LogP) is 5.12. The van der Waals surface area contributed by atoms with Crippen molar-refractivity contribution in [2.45, 2.75) is 51.2 Å². The van der Waals surface area contributed by atoms with Gasteiger partial charge in [-0.1, -0.05) is 26.0 Å². The molecular weight excluding hydrogens is 316 g/mol. The monoisotopic (exact) mass is 362 g/mol. The van der Waals surface area contributed by atoms with Gasteiger partial charge in [0.05, 0.1) is 0 Å². The van der Waals surface area contributed by atoms with Crippen molar-refractivity contribution in [3.05, 3.63) is 58.7 Å². The van der Waals surface area contributed by atoms with Crippen molar-refractivity contribution >= 4 is 11.4 Å². The van der Waals surface area contributed by atoms with E-state index in [-0.39, 0.29) is 11.4 Å². The first-order valence-corrected chi connectivity index (χ1v) is 8.52. The van der Waals surface area contributed by atoms with Crippen molar-refractivity contribution in [1.82, 2.24) is 0 Å². The van der Waals surface area contributed by atoms with E-state index in [2.05, 4.69) is 0 Å². The molecule has 2 saturated heterocycles. The summed E-state index contributed by atoms with van der Waals surface area (Å²) in [6.45, 7) is -8.69. The molecule has 1 aliphatic carbocycles. The van der Waals surface area contributed by atoms with Gasteiger partial charge in [-0.3, -0.25) is 0 Å². The molecule has 2 heteroatoms. The van der Waals surface area contributed by atoms with E-state index in [1.165, 1.54) is 24.3 Å². The maximum atomic E-state index is 8.41. The molecule has 0 bridgehead atoms. The fourth-order valence-corrected chi connectivity index (χ4v) is 3.88. The Labute approximate surface area is 180 Å². The van der Waals surface area contributed by atoms with Crippen LogP contribution in [0.1, 0.15) is 83.5 Å². The largest absolute Gasteiger partial charge is 0.372 e. The normalized spacial score (nSPS) is 45.6. The summed E-state index contributed by atoms with van der Waals surface area (Å²) >= 11 is 0. The molecule has 2 aromatic rings. The molecule has 2 fully saturated rings. The van der Waals surface area contributed by atoms with Crippen molar-refractivity contribution in [1.29, 1.82) is 0 Å². The van der Waals surface area contributed by atoms with E-state index in [0.29, 0.717) is 27.3 Å². The second-order valence-electron chi connectivity index (χ2n) is 7.10. The summed E-state index contributed by atoms with van der Waals surface area (Å²) < 4.78 is 132. The van der Waals surface area contributed by atoms with E-state index < -0.39 is 56.9 Å². The zero-order chi connectivity index (χ0) is 32.1. The number of nitrogens with zero attached hydrogens (tertiary/aromatic N) is 2. The van der Waals surface area contributed by atoms with E-state index in [1.807, 2.05) is 0 Å². The van der Waals surface area contributed by atoms with Gasteiger partial charge in [0.2, 0.25) is 0 Å². The third-order valence-corrected chi connectivity index (χ3v) is 5.23. The number of hydrogen-bond donors (Lipinski definition) is 0. The second kappa shape index (κ2) is 6.04. The number of rotatable bonds is 2. The fourth-order valence-electron chi connectivity index (χ4n) is 3.88. The number of benzene rings is 2. The van der Waals surface area contributed by atoms with Gasteiger partial charge < -0.3 is 9.80 Å². The average Bonchev–Trinajstić information content (AvgIpc) is 2.95. The van der Waals surface area contributed by atoms with Crippen LogP contribution in [0.4, 0.5) is 11.4 Å². The summed E-state index contributed by atoms with van der Waals surface area (Å²) in [5.74, 6) is 0. The zero-order valence-corrected chi connectivity index (χ0v) is 14.6. The van der Waals surface area contributed by atoms with Crippen LogP contribution in [0.5, 0.6) is 0 Å². The van der Waals surface area contributed by atoms with Gasteiger partial charge in [0.1, 0.15) is 0 Å². The Hall–Kier alpha value is -1.96. The van der Waals surface area contributed by atoms with Crippen LogP contribution >= 0.6 is 0 Å². The van der Waals surface area contributed by atoms with Crippen LogP contribution < -0.4 is 9.80 Å². The molecule has 26 heavy (non-hydrogen) atoms. The van der Waals surface area contributed by atoms with Gasteiger partial charge in [0.15, 0.2) is 0 Å². The van der Waals surface area contributed by atoms with Crippen molar-refractivity contribution < 1.29 is 21.9 Å². The van der Waals surface area contributed by atoms with Gasteiger partial charge >= 0.3 is 0 Å². The van der Waals surface area contributed by atoms with Gasteiger partial charge in [-0.05, 0) is 78.4 Å². The van der Waals surface area contributed by atoms with Crippen LogP contribution in [0.2, 0.25) is 0 Å². The number of anilines is 2. The van der Waals surface area contributed by atoms with Gasteiger partial charge in [-0.25, -0.2) is 0 Å². The van der Waals surface area contributed by atoms with Crippen molar-refractivity contribution in [3.8, 4) is 0 Å². The van der Waals surface area contributed by atoms with Gasteiger partial charge in [-0.15, -0.1) is 0 Å². The van der Waals surface area contributed by atoms with Crippen molar-refractivity contribution in [2.75, 3.05) is 35.8 Å². The lowest BCUT2D eigenvalue weighted by Gasteiger charge is -2.37. The maximum Gasteiger partial charge on any atom is 0.0493 e. The summed E-state index contributed by atoms with van der Waals surface area (Å²) in [6.07, 6.45) is -12.5. The van der Waals surface area contributed by atoms with Crippen LogP contribution in [-0.2, 0) is 11.8 Å². The Morgan fingerprint density at radius 2 is 1.15 bits per heavy atom. The SMILES string of the molecule is [2H]C1([2H])N(c2ccc3c(c2)C(C)(C)c2cc(N4C([2H])([2H])C([2H])([2H])C([2H])([2H])C4([2H])[2H])ccc2C3)C([2H])([2H])C([2H])([2H])C1([2H])[2H]. The fraction of sp³-hybridized carbons (Fsp3) is 0.500. The van der Waals surface area contributed by atoms with Crippen LogP contribution in [0, 0.1) is 0 Å². The minimum Gasteiger partial charge on any atom is -0.372 e. The summed E-state index contributed by atoms with van der Waals surface area (Å²) in [5.41, 5.74) is 1.56. The molecule has 2 aliphatic heterocycles. The van der Waals surface area contributed by atoms with E-state index in [0.717, 1.165) is 11.1 Å². The first-order chi connectivity index (χ1) is 18.6. The van der Waals surface area contributed by atoms with Crippen LogP contribution in [0.3, 0.4) is 0 Å². The minimum atomic E-state index is -3.21. The predicted molar refractivity (Wildman–Crippen MR) is 111 cm³/mol. The maximum absolute atomic E-state index is 8.41. The molecule has 0 radical (unpaired) electrons. The topological polar surface area (TPSA) is 6.48 Å². The number of fused-ring (bicyclic) bond motifs is 2. The molecule has 0 amide bonds. The Morgan fingerprint density at radius 1 is 0.731 bits per heavy atom. The molecular formula is C24H30N2. The lowest BCUT2D eigenvalue weighted by molar-refractivity contribution is 0.610. The summed E-state index contributed by atoms with van der Waals surface area (Å²) in [7, 11) is 0. The summed E-state index contributed by atoms with van der Waals surface area (Å²) in [5, 5.41) is 0. The van der Waals surface area contributed by atoms with Crippen molar-refractivity contribution in [2.24, 2.45) is 0 Å². The van der Waals surface area contributed by atoms with E-state index in [9.17, 15) is 0 Å². The van der Waals surface area contributed by atoms with Gasteiger partial charge in [0.25, 0.3) is 0 Å². The quantitative estimate of drug-likeness (QED) is 0.732. The lowest BCUT2D eigenvalue weighted by Crippen LogP contribution is -2.29. The molecule has 0 N–H and O–H groups in total. The Balaban J connectivity index is 1.64. The minimum absolute atomic E-state index is 0.0877. The first-order valence-electron chi connectivity index (χ1n) is 16.5. The molecule has 3 aliphatic rings. The molecule has 136 valence electrons. The summed E-state index contributed by atoms with van der Waals surface area (Å²) in [4.78, 5) is 0.972. The number of hydrogen-bond acceptors (Lipinski definition) is 2. The molecule has 0 saturated carbocycles. The lowest BCUT2D eigenvalue weighted by atomic mass is 9.68. The average molecular weight is 363 g/mol. The Bertz CT molecular complexity index is 1320. The standard InChI is InChI=1S/C24H30N2/c1-24(2)22-16-20(25-11-3-4-12-25)9-7-18(22)15-19-8-10-21(17-23(19)24)26-13-5-6-14-26/h7-10,16-17H,3-6,11-15H2,1-2H3/i3D2,4D2,5D2,6D2,11D2,12D2,13D2,14D2. The summed E-state index contributed by atoms with van der Waals surface area (Å²) in [6, 6.07) is 9.06. The highest BCUT2D eigenvalue weighted by atomic mass is 15.1. The smallest absolute Gasteiger partial charge is 0.0493 e. The van der Waals surface area contributed by atoms with Gasteiger partial charge in [0, 0.05) is 64.7 Å².